The zero-order valence-corrected chi connectivity index (χ0v) is 15.8. The first kappa shape index (κ1) is 20.5. The fourth-order valence-electron chi connectivity index (χ4n) is 2.48. The number of rotatable bonds is 4. The minimum atomic E-state index is -1.28. The van der Waals surface area contributed by atoms with Crippen molar-refractivity contribution in [1.29, 1.82) is 0 Å². The lowest BCUT2D eigenvalue weighted by Crippen LogP contribution is -2.16. The molecule has 3 rings (SSSR count). The molecule has 29 heavy (non-hydrogen) atoms. The summed E-state index contributed by atoms with van der Waals surface area (Å²) in [6.07, 6.45) is 0. The standard InChI is InChI=1S/C19H12F4N2O3S/c1-8-16(29-18(24-8)9-3-4-10(20)12(22)7-9)17(26)25-13-6-5-11(21)14(15(13)23)19(27)28-2/h3-7H,1-2H3,(H,25,26). The average Bonchev–Trinajstić information content (AvgIpc) is 3.08. The summed E-state index contributed by atoms with van der Waals surface area (Å²) >= 11 is 0.878. The van der Waals surface area contributed by atoms with Gasteiger partial charge in [0.15, 0.2) is 17.5 Å². The third-order valence-electron chi connectivity index (χ3n) is 3.90. The van der Waals surface area contributed by atoms with E-state index in [1.165, 1.54) is 13.0 Å². The summed E-state index contributed by atoms with van der Waals surface area (Å²) in [5, 5.41) is 2.50. The molecule has 1 aromatic heterocycles. The van der Waals surface area contributed by atoms with Crippen LogP contribution in [0.5, 0.6) is 0 Å². The fourth-order valence-corrected chi connectivity index (χ4v) is 3.43. The third-order valence-corrected chi connectivity index (χ3v) is 5.10. The van der Waals surface area contributed by atoms with Crippen molar-refractivity contribution < 1.29 is 31.9 Å². The molecular weight excluding hydrogens is 412 g/mol. The lowest BCUT2D eigenvalue weighted by Gasteiger charge is -2.09. The second-order valence-electron chi connectivity index (χ2n) is 5.79. The van der Waals surface area contributed by atoms with Crippen LogP contribution < -0.4 is 5.32 Å². The van der Waals surface area contributed by atoms with Crippen LogP contribution in [0.3, 0.4) is 0 Å². The molecule has 0 spiro atoms. The number of thiazole rings is 1. The number of carbonyl (C=O) groups is 2. The molecule has 0 bridgehead atoms. The summed E-state index contributed by atoms with van der Waals surface area (Å²) in [6, 6.07) is 4.96. The summed E-state index contributed by atoms with van der Waals surface area (Å²) in [7, 11) is 0.965. The van der Waals surface area contributed by atoms with Crippen molar-refractivity contribution in [1.82, 2.24) is 4.98 Å². The number of carbonyl (C=O) groups excluding carboxylic acids is 2. The predicted octanol–water partition coefficient (Wildman–Crippen LogP) is 4.71. The lowest BCUT2D eigenvalue weighted by atomic mass is 10.1. The molecule has 0 saturated carbocycles. The number of hydrogen-bond acceptors (Lipinski definition) is 5. The second-order valence-corrected chi connectivity index (χ2v) is 6.79. The molecule has 0 unspecified atom stereocenters. The molecule has 0 aliphatic heterocycles. The van der Waals surface area contributed by atoms with Crippen LogP contribution in [0, 0.1) is 30.2 Å². The molecule has 0 saturated heterocycles. The first-order valence-electron chi connectivity index (χ1n) is 8.03. The van der Waals surface area contributed by atoms with E-state index in [-0.39, 0.29) is 21.1 Å². The molecule has 0 radical (unpaired) electrons. The SMILES string of the molecule is COC(=O)c1c(F)ccc(NC(=O)c2sc(-c3ccc(F)c(F)c3)nc2C)c1F. The summed E-state index contributed by atoms with van der Waals surface area (Å²) in [4.78, 5) is 28.3. The van der Waals surface area contributed by atoms with Crippen LogP contribution in [0.4, 0.5) is 23.2 Å². The van der Waals surface area contributed by atoms with E-state index in [0.717, 1.165) is 42.7 Å². The number of anilines is 1. The van der Waals surface area contributed by atoms with Gasteiger partial charge in [-0.05, 0) is 37.3 Å². The van der Waals surface area contributed by atoms with Crippen molar-refractivity contribution >= 4 is 28.9 Å². The lowest BCUT2D eigenvalue weighted by molar-refractivity contribution is 0.0589. The van der Waals surface area contributed by atoms with Gasteiger partial charge in [-0.15, -0.1) is 11.3 Å². The molecule has 0 aliphatic carbocycles. The van der Waals surface area contributed by atoms with E-state index < -0.39 is 46.4 Å². The highest BCUT2D eigenvalue weighted by Crippen LogP contribution is 2.30. The Kier molecular flexibility index (Phi) is 5.64. The molecule has 0 aliphatic rings. The van der Waals surface area contributed by atoms with Crippen LogP contribution in [0.2, 0.25) is 0 Å². The van der Waals surface area contributed by atoms with Crippen LogP contribution in [0.1, 0.15) is 25.7 Å². The van der Waals surface area contributed by atoms with Crippen LogP contribution >= 0.6 is 11.3 Å². The fraction of sp³-hybridized carbons (Fsp3) is 0.105. The van der Waals surface area contributed by atoms with Gasteiger partial charge in [-0.2, -0.15) is 0 Å². The quantitative estimate of drug-likeness (QED) is 0.486. The van der Waals surface area contributed by atoms with E-state index in [1.54, 1.807) is 0 Å². The van der Waals surface area contributed by atoms with Crippen molar-refractivity contribution in [3.05, 3.63) is 69.7 Å². The number of nitrogens with one attached hydrogen (secondary N) is 1. The molecule has 0 atom stereocenters. The molecule has 10 heteroatoms. The highest BCUT2D eigenvalue weighted by molar-refractivity contribution is 7.17. The number of ether oxygens (including phenoxy) is 1. The predicted molar refractivity (Wildman–Crippen MR) is 97.9 cm³/mol. The number of aryl methyl sites for hydroxylation is 1. The molecule has 1 heterocycles. The maximum absolute atomic E-state index is 14.5. The average molecular weight is 424 g/mol. The molecular formula is C19H12F4N2O3S. The summed E-state index contributed by atoms with van der Waals surface area (Å²) in [6.45, 7) is 1.51. The number of amides is 1. The van der Waals surface area contributed by atoms with Gasteiger partial charge in [-0.3, -0.25) is 4.79 Å². The van der Waals surface area contributed by atoms with E-state index >= 15 is 0 Å². The zero-order valence-electron chi connectivity index (χ0n) is 15.0. The summed E-state index contributed by atoms with van der Waals surface area (Å²) in [5.41, 5.74) is -0.840. The van der Waals surface area contributed by atoms with Gasteiger partial charge in [0, 0.05) is 5.56 Å². The summed E-state index contributed by atoms with van der Waals surface area (Å²) < 4.78 is 59.1. The number of esters is 1. The van der Waals surface area contributed by atoms with Gasteiger partial charge in [0.2, 0.25) is 0 Å². The van der Waals surface area contributed by atoms with E-state index in [0.29, 0.717) is 0 Å². The van der Waals surface area contributed by atoms with Crippen LogP contribution in [-0.4, -0.2) is 24.0 Å². The van der Waals surface area contributed by atoms with Gasteiger partial charge in [0.25, 0.3) is 5.91 Å². The molecule has 3 aromatic rings. The monoisotopic (exact) mass is 424 g/mol. The maximum Gasteiger partial charge on any atom is 0.343 e. The minimum absolute atomic E-state index is 0.0769. The van der Waals surface area contributed by atoms with Gasteiger partial charge in [-0.1, -0.05) is 0 Å². The van der Waals surface area contributed by atoms with E-state index in [1.807, 2.05) is 0 Å². The number of halogens is 4. The van der Waals surface area contributed by atoms with Gasteiger partial charge in [-0.25, -0.2) is 27.3 Å². The van der Waals surface area contributed by atoms with Crippen molar-refractivity contribution in [2.24, 2.45) is 0 Å². The summed E-state index contributed by atoms with van der Waals surface area (Å²) in [5.74, 6) is -6.51. The van der Waals surface area contributed by atoms with Crippen molar-refractivity contribution in [3.63, 3.8) is 0 Å². The Bertz CT molecular complexity index is 1130. The second kappa shape index (κ2) is 8.00. The topological polar surface area (TPSA) is 68.3 Å². The van der Waals surface area contributed by atoms with Crippen LogP contribution in [0.15, 0.2) is 30.3 Å². The zero-order chi connectivity index (χ0) is 21.3. The largest absolute Gasteiger partial charge is 0.465 e. The normalized spacial score (nSPS) is 10.7. The number of hydrogen-bond donors (Lipinski definition) is 1. The van der Waals surface area contributed by atoms with Gasteiger partial charge >= 0.3 is 5.97 Å². The minimum Gasteiger partial charge on any atom is -0.465 e. The van der Waals surface area contributed by atoms with E-state index in [9.17, 15) is 27.2 Å². The Balaban J connectivity index is 1.92. The highest BCUT2D eigenvalue weighted by Gasteiger charge is 2.24. The molecule has 2 aromatic carbocycles. The van der Waals surface area contributed by atoms with E-state index in [4.69, 9.17) is 0 Å². The first-order valence-corrected chi connectivity index (χ1v) is 8.85. The maximum atomic E-state index is 14.5. The van der Waals surface area contributed by atoms with E-state index in [2.05, 4.69) is 15.0 Å². The van der Waals surface area contributed by atoms with Crippen molar-refractivity contribution in [3.8, 4) is 10.6 Å². The smallest absolute Gasteiger partial charge is 0.343 e. The molecule has 1 amide bonds. The number of nitrogens with zero attached hydrogens (tertiary/aromatic N) is 1. The molecule has 1 N–H and O–H groups in total. The first-order chi connectivity index (χ1) is 13.7. The Morgan fingerprint density at radius 1 is 1.03 bits per heavy atom. The third kappa shape index (κ3) is 3.97. The number of methoxy groups -OCH3 is 1. The van der Waals surface area contributed by atoms with Gasteiger partial charge < -0.3 is 10.1 Å². The van der Waals surface area contributed by atoms with Gasteiger partial charge in [0.05, 0.1) is 18.5 Å². The molecule has 5 nitrogen and oxygen atoms in total. The Morgan fingerprint density at radius 3 is 2.38 bits per heavy atom. The number of aromatic nitrogens is 1. The van der Waals surface area contributed by atoms with Gasteiger partial charge in [0.1, 0.15) is 21.3 Å². The Labute approximate surface area is 166 Å². The Morgan fingerprint density at radius 2 is 1.72 bits per heavy atom. The molecule has 0 fully saturated rings. The Hall–Kier alpha value is -3.27. The van der Waals surface area contributed by atoms with Crippen LogP contribution in [-0.2, 0) is 4.74 Å². The highest BCUT2D eigenvalue weighted by atomic mass is 32.1. The molecule has 150 valence electrons. The van der Waals surface area contributed by atoms with Crippen LogP contribution in [0.25, 0.3) is 10.6 Å². The van der Waals surface area contributed by atoms with Crippen molar-refractivity contribution in [2.75, 3.05) is 12.4 Å². The van der Waals surface area contributed by atoms with Crippen molar-refractivity contribution in [2.45, 2.75) is 6.92 Å². The number of benzene rings is 2.